The molecule has 0 saturated heterocycles. The molecule has 10 heteroatoms. The highest BCUT2D eigenvalue weighted by Gasteiger charge is 2.30. The zero-order chi connectivity index (χ0) is 19.0. The number of carbonyl (C=O) groups excluding carboxylic acids is 1. The van der Waals surface area contributed by atoms with Gasteiger partial charge in [-0.15, -0.1) is 11.3 Å². The van der Waals surface area contributed by atoms with Crippen molar-refractivity contribution in [2.75, 3.05) is 31.0 Å². The molecule has 0 radical (unpaired) electrons. The highest BCUT2D eigenvalue weighted by atomic mass is 32.1. The third kappa shape index (κ3) is 3.36. The largest absolute Gasteiger partial charge is 0.372 e. The molecular formula is C17H19N7O2S. The minimum absolute atomic E-state index is 0.112. The Morgan fingerprint density at radius 3 is 2.81 bits per heavy atom. The second kappa shape index (κ2) is 6.97. The minimum Gasteiger partial charge on any atom is -0.372 e. The van der Waals surface area contributed by atoms with Crippen molar-refractivity contribution < 1.29 is 9.90 Å². The molecule has 2 N–H and O–H groups in total. The molecule has 0 bridgehead atoms. The summed E-state index contributed by atoms with van der Waals surface area (Å²) in [4.78, 5) is 28.8. The summed E-state index contributed by atoms with van der Waals surface area (Å²) in [7, 11) is 3.61. The van der Waals surface area contributed by atoms with Gasteiger partial charge in [-0.25, -0.2) is 15.0 Å². The van der Waals surface area contributed by atoms with Crippen LogP contribution in [0.2, 0.25) is 0 Å². The zero-order valence-electron chi connectivity index (χ0n) is 14.9. The van der Waals surface area contributed by atoms with Crippen LogP contribution in [0.4, 0.5) is 11.6 Å². The Kier molecular flexibility index (Phi) is 4.50. The molecule has 1 atom stereocenters. The Balaban J connectivity index is 1.46. The van der Waals surface area contributed by atoms with Gasteiger partial charge in [0, 0.05) is 37.4 Å². The number of aliphatic hydroxyl groups excluding tert-OH is 1. The third-order valence-corrected chi connectivity index (χ3v) is 5.10. The second-order valence-electron chi connectivity index (χ2n) is 6.34. The average Bonchev–Trinajstić information content (AvgIpc) is 3.31. The van der Waals surface area contributed by atoms with Crippen LogP contribution >= 0.6 is 11.3 Å². The monoisotopic (exact) mass is 385 g/mol. The Labute approximate surface area is 159 Å². The SMILES string of the molecule is CN1CN(C)c2ncn(CC(O)Nc3ccc(-c4nccs4)cn3)c2C1=O. The number of aliphatic hydroxyl groups is 1. The molecule has 0 aromatic carbocycles. The number of rotatable bonds is 5. The fourth-order valence-corrected chi connectivity index (χ4v) is 3.64. The number of thiazole rings is 1. The number of fused-ring (bicyclic) bond motifs is 1. The fraction of sp³-hybridized carbons (Fsp3) is 0.294. The van der Waals surface area contributed by atoms with Crippen LogP contribution in [-0.4, -0.2) is 62.4 Å². The molecule has 0 saturated carbocycles. The molecule has 1 aliphatic rings. The van der Waals surface area contributed by atoms with Crippen LogP contribution in [0, 0.1) is 0 Å². The first kappa shape index (κ1) is 17.4. The maximum atomic E-state index is 12.5. The van der Waals surface area contributed by atoms with Crippen LogP contribution in [0.5, 0.6) is 0 Å². The zero-order valence-corrected chi connectivity index (χ0v) is 15.7. The van der Waals surface area contributed by atoms with Crippen LogP contribution in [0.15, 0.2) is 36.2 Å². The van der Waals surface area contributed by atoms with Gasteiger partial charge in [0.2, 0.25) is 0 Å². The van der Waals surface area contributed by atoms with Crippen LogP contribution in [0.1, 0.15) is 10.5 Å². The molecule has 3 aromatic rings. The van der Waals surface area contributed by atoms with E-state index in [0.717, 1.165) is 10.6 Å². The van der Waals surface area contributed by atoms with E-state index in [0.29, 0.717) is 24.0 Å². The smallest absolute Gasteiger partial charge is 0.275 e. The number of hydrogen-bond donors (Lipinski definition) is 2. The number of hydrogen-bond acceptors (Lipinski definition) is 8. The van der Waals surface area contributed by atoms with Crippen LogP contribution in [0.3, 0.4) is 0 Å². The molecule has 1 amide bonds. The van der Waals surface area contributed by atoms with Crippen molar-refractivity contribution in [3.05, 3.63) is 41.9 Å². The van der Waals surface area contributed by atoms with E-state index in [1.807, 2.05) is 23.4 Å². The van der Waals surface area contributed by atoms with E-state index in [1.165, 1.54) is 0 Å². The lowest BCUT2D eigenvalue weighted by Gasteiger charge is -2.31. The number of aromatic nitrogens is 4. The molecular weight excluding hydrogens is 366 g/mol. The number of carbonyl (C=O) groups is 1. The number of nitrogens with one attached hydrogen (secondary N) is 1. The van der Waals surface area contributed by atoms with Crippen molar-refractivity contribution in [2.45, 2.75) is 12.8 Å². The van der Waals surface area contributed by atoms with Gasteiger partial charge in [-0.1, -0.05) is 0 Å². The summed E-state index contributed by atoms with van der Waals surface area (Å²) in [6.07, 6.45) is 4.10. The molecule has 0 aliphatic carbocycles. The highest BCUT2D eigenvalue weighted by molar-refractivity contribution is 7.13. The summed E-state index contributed by atoms with van der Waals surface area (Å²) in [5.74, 6) is 1.05. The van der Waals surface area contributed by atoms with E-state index in [1.54, 1.807) is 52.6 Å². The molecule has 3 aromatic heterocycles. The van der Waals surface area contributed by atoms with Crippen molar-refractivity contribution in [3.63, 3.8) is 0 Å². The molecule has 140 valence electrons. The number of nitrogens with zero attached hydrogens (tertiary/aromatic N) is 6. The average molecular weight is 385 g/mol. The van der Waals surface area contributed by atoms with Crippen LogP contribution < -0.4 is 10.2 Å². The normalized spacial score (nSPS) is 15.0. The van der Waals surface area contributed by atoms with Gasteiger partial charge in [0.05, 0.1) is 19.5 Å². The Hall–Kier alpha value is -2.98. The quantitative estimate of drug-likeness (QED) is 0.639. The highest BCUT2D eigenvalue weighted by Crippen LogP contribution is 2.24. The van der Waals surface area contributed by atoms with Gasteiger partial charge in [0.15, 0.2) is 11.5 Å². The maximum Gasteiger partial charge on any atom is 0.275 e. The lowest BCUT2D eigenvalue weighted by Crippen LogP contribution is -2.43. The fourth-order valence-electron chi connectivity index (χ4n) is 3.01. The Morgan fingerprint density at radius 2 is 2.11 bits per heavy atom. The number of imidazole rings is 1. The van der Waals surface area contributed by atoms with Crippen molar-refractivity contribution in [3.8, 4) is 10.6 Å². The Bertz CT molecular complexity index is 939. The summed E-state index contributed by atoms with van der Waals surface area (Å²) in [5, 5.41) is 16.1. The molecule has 4 rings (SSSR count). The molecule has 1 aliphatic heterocycles. The minimum atomic E-state index is -0.924. The third-order valence-electron chi connectivity index (χ3n) is 4.28. The predicted octanol–water partition coefficient (Wildman–Crippen LogP) is 1.31. The van der Waals surface area contributed by atoms with E-state index in [2.05, 4.69) is 20.3 Å². The van der Waals surface area contributed by atoms with E-state index in [4.69, 9.17) is 0 Å². The topological polar surface area (TPSA) is 99.4 Å². The van der Waals surface area contributed by atoms with Crippen LogP contribution in [-0.2, 0) is 6.54 Å². The van der Waals surface area contributed by atoms with Crippen molar-refractivity contribution in [1.29, 1.82) is 0 Å². The predicted molar refractivity (Wildman–Crippen MR) is 103 cm³/mol. The van der Waals surface area contributed by atoms with Crippen molar-refractivity contribution in [2.24, 2.45) is 0 Å². The van der Waals surface area contributed by atoms with Gasteiger partial charge in [-0.05, 0) is 12.1 Å². The van der Waals surface area contributed by atoms with E-state index < -0.39 is 6.23 Å². The lowest BCUT2D eigenvalue weighted by molar-refractivity contribution is 0.0769. The first-order chi connectivity index (χ1) is 13.0. The van der Waals surface area contributed by atoms with E-state index >= 15 is 0 Å². The van der Waals surface area contributed by atoms with Gasteiger partial charge in [0.25, 0.3) is 5.91 Å². The molecule has 1 unspecified atom stereocenters. The number of pyridine rings is 1. The summed E-state index contributed by atoms with van der Waals surface area (Å²) < 4.78 is 1.66. The van der Waals surface area contributed by atoms with Gasteiger partial charge in [0.1, 0.15) is 17.1 Å². The first-order valence-electron chi connectivity index (χ1n) is 8.35. The summed E-state index contributed by atoms with van der Waals surface area (Å²) in [6.45, 7) is 0.657. The molecule has 0 spiro atoms. The van der Waals surface area contributed by atoms with E-state index in [9.17, 15) is 9.90 Å². The second-order valence-corrected chi connectivity index (χ2v) is 7.24. The number of anilines is 2. The first-order valence-corrected chi connectivity index (χ1v) is 9.23. The molecule has 4 heterocycles. The maximum absolute atomic E-state index is 12.5. The molecule has 27 heavy (non-hydrogen) atoms. The van der Waals surface area contributed by atoms with Gasteiger partial charge >= 0.3 is 0 Å². The Morgan fingerprint density at radius 1 is 1.26 bits per heavy atom. The van der Waals surface area contributed by atoms with Gasteiger partial charge in [-0.3, -0.25) is 4.79 Å². The van der Waals surface area contributed by atoms with Crippen LogP contribution in [0.25, 0.3) is 10.6 Å². The van der Waals surface area contributed by atoms with Gasteiger partial charge in [-0.2, -0.15) is 0 Å². The van der Waals surface area contributed by atoms with Crippen molar-refractivity contribution in [1.82, 2.24) is 24.4 Å². The summed E-state index contributed by atoms with van der Waals surface area (Å²) in [5.41, 5.74) is 1.39. The molecule has 0 fully saturated rings. The number of amides is 1. The molecule has 9 nitrogen and oxygen atoms in total. The lowest BCUT2D eigenvalue weighted by atomic mass is 10.3. The van der Waals surface area contributed by atoms with Crippen molar-refractivity contribution >= 4 is 28.9 Å². The van der Waals surface area contributed by atoms with Gasteiger partial charge < -0.3 is 24.8 Å². The standard InChI is InChI=1S/C17H19N7O2S/c1-22-10-23(2)17(26)14-15(22)20-9-24(14)8-13(25)21-12-4-3-11(7-19-12)16-18-5-6-27-16/h3-7,9,13,25H,8,10H2,1-2H3,(H,19,21). The van der Waals surface area contributed by atoms with E-state index in [-0.39, 0.29) is 12.5 Å². The summed E-state index contributed by atoms with van der Waals surface area (Å²) >= 11 is 1.54. The summed E-state index contributed by atoms with van der Waals surface area (Å²) in [6, 6.07) is 3.68.